The van der Waals surface area contributed by atoms with Crippen molar-refractivity contribution in [3.63, 3.8) is 0 Å². The van der Waals surface area contributed by atoms with Gasteiger partial charge in [-0.1, -0.05) is 24.3 Å². The van der Waals surface area contributed by atoms with Crippen LogP contribution in [0.5, 0.6) is 5.75 Å². The molecule has 3 aromatic carbocycles. The van der Waals surface area contributed by atoms with E-state index in [0.717, 1.165) is 22.7 Å². The number of para-hydroxylation sites is 1. The molecular weight excluding hydrogens is 366 g/mol. The molecule has 6 nitrogen and oxygen atoms in total. The fourth-order valence-electron chi connectivity index (χ4n) is 3.45. The minimum atomic E-state index is -0.392. The largest absolute Gasteiger partial charge is 0.497 e. The topological polar surface area (TPSA) is 70.7 Å². The summed E-state index contributed by atoms with van der Waals surface area (Å²) in [6.45, 7) is 1.47. The second kappa shape index (κ2) is 7.67. The molecule has 3 aromatic rings. The van der Waals surface area contributed by atoms with Gasteiger partial charge in [0.25, 0.3) is 5.91 Å². The highest BCUT2D eigenvalue weighted by atomic mass is 16.5. The minimum absolute atomic E-state index is 0.0829. The van der Waals surface area contributed by atoms with Crippen LogP contribution in [0.3, 0.4) is 0 Å². The number of carbonyl (C=O) groups excluding carboxylic acids is 2. The van der Waals surface area contributed by atoms with Gasteiger partial charge >= 0.3 is 0 Å². The van der Waals surface area contributed by atoms with Crippen molar-refractivity contribution in [3.8, 4) is 5.75 Å². The Labute approximate surface area is 169 Å². The van der Waals surface area contributed by atoms with E-state index >= 15 is 0 Å². The van der Waals surface area contributed by atoms with Gasteiger partial charge in [0.15, 0.2) is 0 Å². The molecule has 0 saturated carbocycles. The van der Waals surface area contributed by atoms with Gasteiger partial charge in [-0.2, -0.15) is 0 Å². The first-order valence-electron chi connectivity index (χ1n) is 9.27. The number of hydrogen-bond donors (Lipinski definition) is 2. The summed E-state index contributed by atoms with van der Waals surface area (Å²) in [5.41, 5.74) is 3.78. The van der Waals surface area contributed by atoms with E-state index in [4.69, 9.17) is 4.74 Å². The molecule has 0 aliphatic carbocycles. The molecule has 1 aliphatic rings. The summed E-state index contributed by atoms with van der Waals surface area (Å²) in [6, 6.07) is 22.3. The van der Waals surface area contributed by atoms with Crippen LogP contribution < -0.4 is 20.3 Å². The lowest BCUT2D eigenvalue weighted by Gasteiger charge is -2.38. The summed E-state index contributed by atoms with van der Waals surface area (Å²) in [5, 5.41) is 6.23. The highest BCUT2D eigenvalue weighted by Gasteiger charge is 2.33. The smallest absolute Gasteiger partial charge is 0.262 e. The number of carbonyl (C=O) groups is 2. The molecule has 0 bridgehead atoms. The zero-order valence-corrected chi connectivity index (χ0v) is 16.2. The fraction of sp³-hybridized carbons (Fsp3) is 0.130. The van der Waals surface area contributed by atoms with Crippen molar-refractivity contribution >= 4 is 28.9 Å². The lowest BCUT2D eigenvalue weighted by molar-refractivity contribution is -0.114. The van der Waals surface area contributed by atoms with E-state index in [1.54, 1.807) is 12.0 Å². The van der Waals surface area contributed by atoms with Crippen LogP contribution in [0.4, 0.5) is 17.1 Å². The zero-order chi connectivity index (χ0) is 20.4. The number of nitrogens with one attached hydrogen (secondary N) is 2. The van der Waals surface area contributed by atoms with Crippen molar-refractivity contribution in [2.45, 2.75) is 13.1 Å². The van der Waals surface area contributed by atoms with E-state index in [-0.39, 0.29) is 11.8 Å². The van der Waals surface area contributed by atoms with Crippen LogP contribution in [-0.4, -0.2) is 18.9 Å². The lowest BCUT2D eigenvalue weighted by atomic mass is 10.0. The van der Waals surface area contributed by atoms with Gasteiger partial charge in [-0.25, -0.2) is 0 Å². The number of amides is 2. The molecule has 4 rings (SSSR count). The number of benzene rings is 3. The predicted molar refractivity (Wildman–Crippen MR) is 113 cm³/mol. The molecule has 2 amide bonds. The Morgan fingerprint density at radius 3 is 2.34 bits per heavy atom. The van der Waals surface area contributed by atoms with Gasteiger partial charge in [-0.3, -0.25) is 14.5 Å². The highest BCUT2D eigenvalue weighted by molar-refractivity contribution is 6.12. The summed E-state index contributed by atoms with van der Waals surface area (Å²) in [4.78, 5) is 26.4. The molecular formula is C23H21N3O3. The Morgan fingerprint density at radius 2 is 1.69 bits per heavy atom. The number of nitrogens with zero attached hydrogens (tertiary/aromatic N) is 1. The molecule has 2 N–H and O–H groups in total. The Morgan fingerprint density at radius 1 is 1.00 bits per heavy atom. The number of hydrogen-bond acceptors (Lipinski definition) is 4. The highest BCUT2D eigenvalue weighted by Crippen LogP contribution is 2.37. The van der Waals surface area contributed by atoms with Crippen LogP contribution in [0, 0.1) is 0 Å². The van der Waals surface area contributed by atoms with Crippen molar-refractivity contribution in [2.75, 3.05) is 22.6 Å². The third-order valence-electron chi connectivity index (χ3n) is 4.82. The van der Waals surface area contributed by atoms with E-state index < -0.39 is 6.17 Å². The first kappa shape index (κ1) is 18.6. The molecule has 146 valence electrons. The van der Waals surface area contributed by atoms with E-state index in [2.05, 4.69) is 10.6 Å². The molecule has 6 heteroatoms. The predicted octanol–water partition coefficient (Wildman–Crippen LogP) is 4.42. The molecule has 0 saturated heterocycles. The van der Waals surface area contributed by atoms with Gasteiger partial charge in [0.2, 0.25) is 5.91 Å². The number of anilines is 3. The summed E-state index contributed by atoms with van der Waals surface area (Å²) < 4.78 is 5.24. The fourth-order valence-corrected chi connectivity index (χ4v) is 3.45. The summed E-state index contributed by atoms with van der Waals surface area (Å²) in [5.74, 6) is 0.515. The van der Waals surface area contributed by atoms with E-state index in [9.17, 15) is 9.59 Å². The number of fused-ring (bicyclic) bond motifs is 1. The van der Waals surface area contributed by atoms with E-state index in [1.165, 1.54) is 6.92 Å². The van der Waals surface area contributed by atoms with Gasteiger partial charge in [-0.05, 0) is 54.1 Å². The molecule has 1 atom stereocenters. The third-order valence-corrected chi connectivity index (χ3v) is 4.82. The number of methoxy groups -OCH3 is 1. The molecule has 1 aliphatic heterocycles. The average Bonchev–Trinajstić information content (AvgIpc) is 2.74. The number of rotatable bonds is 4. The maximum absolute atomic E-state index is 13.4. The molecule has 0 spiro atoms. The lowest BCUT2D eigenvalue weighted by Crippen LogP contribution is -2.43. The van der Waals surface area contributed by atoms with Gasteiger partial charge in [0, 0.05) is 24.0 Å². The monoisotopic (exact) mass is 387 g/mol. The van der Waals surface area contributed by atoms with Crippen LogP contribution in [0.1, 0.15) is 29.0 Å². The van der Waals surface area contributed by atoms with Crippen LogP contribution in [-0.2, 0) is 4.79 Å². The van der Waals surface area contributed by atoms with Crippen molar-refractivity contribution < 1.29 is 14.3 Å². The van der Waals surface area contributed by atoms with Crippen molar-refractivity contribution in [2.24, 2.45) is 0 Å². The van der Waals surface area contributed by atoms with Crippen molar-refractivity contribution in [1.82, 2.24) is 0 Å². The molecule has 0 aromatic heterocycles. The number of ether oxygens (including phenoxy) is 1. The quantitative estimate of drug-likeness (QED) is 0.695. The average molecular weight is 387 g/mol. The van der Waals surface area contributed by atoms with Gasteiger partial charge in [-0.15, -0.1) is 0 Å². The van der Waals surface area contributed by atoms with Crippen molar-refractivity contribution in [3.05, 3.63) is 83.9 Å². The molecule has 0 fully saturated rings. The first-order valence-corrected chi connectivity index (χ1v) is 9.27. The zero-order valence-electron chi connectivity index (χ0n) is 16.2. The Balaban J connectivity index is 1.76. The van der Waals surface area contributed by atoms with Crippen LogP contribution in [0.2, 0.25) is 0 Å². The second-order valence-corrected chi connectivity index (χ2v) is 6.77. The summed E-state index contributed by atoms with van der Waals surface area (Å²) in [6.07, 6.45) is -0.392. The van der Waals surface area contributed by atoms with Crippen LogP contribution in [0.15, 0.2) is 72.8 Å². The molecule has 0 radical (unpaired) electrons. The van der Waals surface area contributed by atoms with Gasteiger partial charge in [0.05, 0.1) is 12.7 Å². The summed E-state index contributed by atoms with van der Waals surface area (Å²) in [7, 11) is 1.61. The maximum atomic E-state index is 13.4. The molecule has 1 heterocycles. The van der Waals surface area contributed by atoms with E-state index in [0.29, 0.717) is 11.3 Å². The van der Waals surface area contributed by atoms with Gasteiger partial charge < -0.3 is 15.4 Å². The van der Waals surface area contributed by atoms with Crippen LogP contribution >= 0.6 is 0 Å². The maximum Gasteiger partial charge on any atom is 0.262 e. The summed E-state index contributed by atoms with van der Waals surface area (Å²) >= 11 is 0. The normalized spacial score (nSPS) is 15.3. The second-order valence-electron chi connectivity index (χ2n) is 6.77. The Bertz CT molecular complexity index is 1050. The minimum Gasteiger partial charge on any atom is -0.497 e. The molecule has 1 unspecified atom stereocenters. The van der Waals surface area contributed by atoms with Crippen LogP contribution in [0.25, 0.3) is 0 Å². The van der Waals surface area contributed by atoms with Crippen molar-refractivity contribution in [1.29, 1.82) is 0 Å². The Kier molecular flexibility index (Phi) is 4.91. The molecule has 29 heavy (non-hydrogen) atoms. The first-order chi connectivity index (χ1) is 14.1. The standard InChI is InChI=1S/C23H21N3O3/c1-15(27)24-17-9-7-16(8-10-17)22-25-21-6-4-3-5-20(21)23(28)26(22)18-11-13-19(29-2)14-12-18/h3-14,22,25H,1-2H3,(H,24,27). The van der Waals surface area contributed by atoms with E-state index in [1.807, 2.05) is 72.8 Å². The third kappa shape index (κ3) is 3.65. The van der Waals surface area contributed by atoms with Gasteiger partial charge in [0.1, 0.15) is 11.9 Å². The SMILES string of the molecule is COc1ccc(N2C(=O)c3ccccc3NC2c2ccc(NC(C)=O)cc2)cc1. The Hall–Kier alpha value is -3.80.